The molecule has 0 aromatic heterocycles. The zero-order valence-corrected chi connectivity index (χ0v) is 26.9. The number of hydrogen-bond acceptors (Lipinski definition) is 12. The monoisotopic (exact) mass is 702 g/mol. The number of β-amino-alcohol motifs (C(OH)–C–C–N with tert-alkyl or cyclic N) is 2. The minimum Gasteiger partial charge on any atom is -0.508 e. The van der Waals surface area contributed by atoms with Gasteiger partial charge in [-0.1, -0.05) is 18.6 Å². The van der Waals surface area contributed by atoms with Crippen molar-refractivity contribution in [3.63, 3.8) is 0 Å². The topological polar surface area (TPSA) is 316 Å². The van der Waals surface area contributed by atoms with Gasteiger partial charge >= 0.3 is 13.8 Å². The number of phenols is 1. The van der Waals surface area contributed by atoms with Crippen molar-refractivity contribution >= 4 is 37.4 Å². The number of amides is 4. The Morgan fingerprint density at radius 1 is 0.917 bits per heavy atom. The van der Waals surface area contributed by atoms with E-state index in [2.05, 4.69) is 15.2 Å². The van der Waals surface area contributed by atoms with Crippen LogP contribution >= 0.6 is 7.82 Å². The van der Waals surface area contributed by atoms with E-state index >= 15 is 0 Å². The second-order valence-corrected chi connectivity index (χ2v) is 13.0. The molecule has 3 rings (SSSR count). The first-order valence-electron chi connectivity index (χ1n) is 15.2. The van der Waals surface area contributed by atoms with Crippen molar-refractivity contribution in [3.8, 4) is 5.75 Å². The van der Waals surface area contributed by atoms with Gasteiger partial charge in [-0.05, 0) is 37.1 Å². The first-order valence-corrected chi connectivity index (χ1v) is 16.8. The van der Waals surface area contributed by atoms with Gasteiger partial charge in [0.2, 0.25) is 23.6 Å². The Hall–Kier alpha value is -3.68. The molecule has 2 heterocycles. The summed E-state index contributed by atoms with van der Waals surface area (Å²) in [7, 11) is -5.20. The molecule has 0 unspecified atom stereocenters. The van der Waals surface area contributed by atoms with Crippen LogP contribution in [-0.2, 0) is 39.5 Å². The molecular weight excluding hydrogens is 659 g/mol. The lowest BCUT2D eigenvalue weighted by Crippen LogP contribution is -2.59. The van der Waals surface area contributed by atoms with Crippen LogP contribution in [-0.4, -0.2) is 138 Å². The van der Waals surface area contributed by atoms with Crippen LogP contribution in [0.3, 0.4) is 0 Å². The molecule has 0 aliphatic carbocycles. The number of phenolic OH excluding ortho intramolecular Hbond substituents is 1. The summed E-state index contributed by atoms with van der Waals surface area (Å²) in [5.74, 6) is -5.21. The first-order chi connectivity index (χ1) is 22.5. The average molecular weight is 703 g/mol. The number of aliphatic carboxylic acids is 1. The number of hydrogen-bond donors (Lipinski definition) is 10. The minimum absolute atomic E-state index is 0.0993. The normalized spacial score (nSPS) is 23.0. The fourth-order valence-electron chi connectivity index (χ4n) is 5.61. The maximum absolute atomic E-state index is 13.6. The van der Waals surface area contributed by atoms with Crippen LogP contribution in [0.2, 0.25) is 0 Å². The largest absolute Gasteiger partial charge is 0.508 e. The summed E-state index contributed by atoms with van der Waals surface area (Å²) in [6.07, 6.45) is -1.66. The summed E-state index contributed by atoms with van der Waals surface area (Å²) in [6.45, 7) is -1.31. The molecule has 1 aromatic carbocycles. The number of aliphatic hydroxyl groups is 2. The number of aliphatic hydroxyl groups excluding tert-OH is 2. The van der Waals surface area contributed by atoms with E-state index in [1.165, 1.54) is 24.3 Å². The van der Waals surface area contributed by atoms with Gasteiger partial charge in [0, 0.05) is 32.4 Å². The van der Waals surface area contributed by atoms with Crippen molar-refractivity contribution in [1.29, 1.82) is 0 Å². The highest BCUT2D eigenvalue weighted by Gasteiger charge is 2.44. The highest BCUT2D eigenvalue weighted by molar-refractivity contribution is 7.46. The molecule has 4 amide bonds. The van der Waals surface area contributed by atoms with Crippen molar-refractivity contribution in [2.45, 2.75) is 80.9 Å². The third-order valence-corrected chi connectivity index (χ3v) is 8.52. The summed E-state index contributed by atoms with van der Waals surface area (Å²) in [6, 6.07) is -1.67. The number of phosphoric ester groups is 1. The third-order valence-electron chi connectivity index (χ3n) is 8.03. The predicted molar refractivity (Wildman–Crippen MR) is 164 cm³/mol. The number of carbonyl (C=O) groups excluding carboxylic acids is 4. The van der Waals surface area contributed by atoms with Gasteiger partial charge in [-0.15, -0.1) is 0 Å². The van der Waals surface area contributed by atoms with Crippen LogP contribution in [0, 0.1) is 0 Å². The van der Waals surface area contributed by atoms with Crippen molar-refractivity contribution in [3.05, 3.63) is 29.8 Å². The van der Waals surface area contributed by atoms with E-state index in [0.717, 1.165) is 9.80 Å². The van der Waals surface area contributed by atoms with Gasteiger partial charge in [0.05, 0.1) is 24.9 Å². The number of aromatic hydroxyl groups is 1. The minimum atomic E-state index is -5.20. The molecule has 0 radical (unpaired) electrons. The SMILES string of the molecule is NCCCC[C@H](N)C(=O)N1C[C@H](O)C[C@H]1C(=O)N[C@@H](COP(=O)(O)O)C(=O)N[C@@H](Cc1ccc(O)cc1)C(=O)N1C[C@H](O)C[C@H]1C(=O)O. The standard InChI is InChI=1S/C28H43N6O13P/c29-8-2-1-3-19(30)26(40)33-12-17(36)10-22(33)25(39)32-21(14-47-48(44,45)46)24(38)31-20(9-15-4-6-16(35)7-5-15)27(41)34-13-18(37)11-23(34)28(42)43/h4-7,17-23,35-37H,1-3,8-14,29-30H2,(H,31,38)(H,32,39)(H,42,43)(H2,44,45,46)/t17-,18-,19+,20+,21+,22+,23+/m1/s1. The number of nitrogens with zero attached hydrogens (tertiary/aromatic N) is 2. The number of likely N-dealkylation sites (tertiary alicyclic amines) is 2. The van der Waals surface area contributed by atoms with Gasteiger partial charge in [-0.25, -0.2) is 9.36 Å². The highest BCUT2D eigenvalue weighted by Crippen LogP contribution is 2.35. The molecule has 2 fully saturated rings. The van der Waals surface area contributed by atoms with Crippen molar-refractivity contribution in [1.82, 2.24) is 20.4 Å². The molecule has 48 heavy (non-hydrogen) atoms. The quantitative estimate of drug-likeness (QED) is 0.0590. The number of unbranched alkanes of at least 4 members (excludes halogenated alkanes) is 1. The predicted octanol–water partition coefficient (Wildman–Crippen LogP) is -3.52. The summed E-state index contributed by atoms with van der Waals surface area (Å²) >= 11 is 0. The molecule has 20 heteroatoms. The fourth-order valence-corrected chi connectivity index (χ4v) is 5.95. The van der Waals surface area contributed by atoms with Gasteiger partial charge in [0.1, 0.15) is 29.9 Å². The second-order valence-electron chi connectivity index (χ2n) is 11.8. The molecule has 1 aromatic rings. The maximum Gasteiger partial charge on any atom is 0.469 e. The smallest absolute Gasteiger partial charge is 0.469 e. The molecule has 19 nitrogen and oxygen atoms in total. The molecule has 2 aliphatic rings. The molecule has 7 atom stereocenters. The summed E-state index contributed by atoms with van der Waals surface area (Å²) in [5.41, 5.74) is 11.9. The fraction of sp³-hybridized carbons (Fsp3) is 0.607. The number of carboxylic acids is 1. The average Bonchev–Trinajstić information content (AvgIpc) is 3.61. The Kier molecular flexibility index (Phi) is 13.8. The number of benzene rings is 1. The van der Waals surface area contributed by atoms with Crippen LogP contribution in [0.15, 0.2) is 24.3 Å². The van der Waals surface area contributed by atoms with Gasteiger partial charge in [-0.2, -0.15) is 0 Å². The van der Waals surface area contributed by atoms with Crippen LogP contribution in [0.5, 0.6) is 5.75 Å². The zero-order chi connectivity index (χ0) is 35.8. The Morgan fingerprint density at radius 2 is 1.50 bits per heavy atom. The highest BCUT2D eigenvalue weighted by atomic mass is 31.2. The van der Waals surface area contributed by atoms with Crippen LogP contribution in [0.4, 0.5) is 0 Å². The summed E-state index contributed by atoms with van der Waals surface area (Å²) in [5, 5.41) is 44.3. The Labute approximate surface area is 275 Å². The van der Waals surface area contributed by atoms with Crippen molar-refractivity contribution in [2.24, 2.45) is 11.5 Å². The molecule has 0 bridgehead atoms. The molecule has 2 saturated heterocycles. The van der Waals surface area contributed by atoms with Gasteiger partial charge in [0.25, 0.3) is 0 Å². The molecule has 0 spiro atoms. The number of carboxylic acid groups (broad SMARTS) is 1. The van der Waals surface area contributed by atoms with Crippen LogP contribution in [0.25, 0.3) is 0 Å². The van der Waals surface area contributed by atoms with Crippen molar-refractivity contribution in [2.75, 3.05) is 26.2 Å². The Bertz CT molecular complexity index is 1360. The second kappa shape index (κ2) is 17.1. The molecule has 0 saturated carbocycles. The molecule has 12 N–H and O–H groups in total. The zero-order valence-electron chi connectivity index (χ0n) is 26.0. The van der Waals surface area contributed by atoms with Crippen molar-refractivity contribution < 1.29 is 63.3 Å². The lowest BCUT2D eigenvalue weighted by Gasteiger charge is -2.30. The molecule has 268 valence electrons. The Morgan fingerprint density at radius 3 is 2.06 bits per heavy atom. The van der Waals surface area contributed by atoms with E-state index < -0.39 is 86.4 Å². The third kappa shape index (κ3) is 10.9. The first kappa shape index (κ1) is 38.8. The lowest BCUT2D eigenvalue weighted by atomic mass is 10.0. The summed E-state index contributed by atoms with van der Waals surface area (Å²) < 4.78 is 16.0. The van der Waals surface area contributed by atoms with E-state index in [4.69, 9.17) is 11.5 Å². The van der Waals surface area contributed by atoms with Crippen LogP contribution in [0.1, 0.15) is 37.7 Å². The lowest BCUT2D eigenvalue weighted by molar-refractivity contribution is -0.149. The van der Waals surface area contributed by atoms with E-state index in [9.17, 15) is 58.8 Å². The number of nitrogens with one attached hydrogen (secondary N) is 2. The van der Waals surface area contributed by atoms with Crippen LogP contribution < -0.4 is 22.1 Å². The van der Waals surface area contributed by atoms with E-state index in [1.807, 2.05) is 0 Å². The number of rotatable bonds is 16. The Balaban J connectivity index is 1.86. The summed E-state index contributed by atoms with van der Waals surface area (Å²) in [4.78, 5) is 86.1. The maximum atomic E-state index is 13.6. The number of nitrogens with two attached hydrogens (primary N) is 2. The van der Waals surface area contributed by atoms with Gasteiger partial charge < -0.3 is 62.1 Å². The van der Waals surface area contributed by atoms with E-state index in [1.54, 1.807) is 0 Å². The van der Waals surface area contributed by atoms with Gasteiger partial charge in [0.15, 0.2) is 0 Å². The van der Waals surface area contributed by atoms with E-state index in [0.29, 0.717) is 24.9 Å². The number of carbonyl (C=O) groups is 5. The number of phosphoric acid groups is 1. The van der Waals surface area contributed by atoms with E-state index in [-0.39, 0.29) is 44.5 Å². The molecule has 2 aliphatic heterocycles. The molecular formula is C28H43N6O13P. The van der Waals surface area contributed by atoms with Gasteiger partial charge in [-0.3, -0.25) is 23.7 Å².